The third-order valence-corrected chi connectivity index (χ3v) is 5.75. The van der Waals surface area contributed by atoms with Crippen molar-refractivity contribution >= 4 is 5.97 Å². The standard InChI is InChI=1S/C23H28O3/c1-23(2,18-13-7-4-8-14-18)19-15-9-10-16-20(19)26-22(25)21(24)17-11-5-3-6-12-17/h3-8,11-14,19-21,24H,9-10,15-16H2,1-2H3/t19-,20-,21-/m0/s1. The lowest BCUT2D eigenvalue weighted by Gasteiger charge is -2.42. The van der Waals surface area contributed by atoms with Crippen molar-refractivity contribution in [3.8, 4) is 0 Å². The van der Waals surface area contributed by atoms with Gasteiger partial charge in [0.25, 0.3) is 0 Å². The van der Waals surface area contributed by atoms with E-state index in [1.807, 2.05) is 24.3 Å². The van der Waals surface area contributed by atoms with Crippen molar-refractivity contribution in [1.29, 1.82) is 0 Å². The van der Waals surface area contributed by atoms with Crippen LogP contribution in [0, 0.1) is 5.92 Å². The van der Waals surface area contributed by atoms with Crippen LogP contribution >= 0.6 is 0 Å². The Balaban J connectivity index is 1.76. The Hall–Kier alpha value is -2.13. The third kappa shape index (κ3) is 3.99. The number of aliphatic hydroxyl groups is 1. The molecular formula is C23H28O3. The van der Waals surface area contributed by atoms with Crippen molar-refractivity contribution in [1.82, 2.24) is 0 Å². The van der Waals surface area contributed by atoms with E-state index in [1.165, 1.54) is 5.56 Å². The SMILES string of the molecule is CC(C)(c1ccccc1)[C@H]1CCCC[C@@H]1OC(=O)[C@@H](O)c1ccccc1. The van der Waals surface area contributed by atoms with Gasteiger partial charge in [-0.2, -0.15) is 0 Å². The van der Waals surface area contributed by atoms with Crippen LogP contribution in [0.1, 0.15) is 56.8 Å². The van der Waals surface area contributed by atoms with Crippen LogP contribution in [0.4, 0.5) is 0 Å². The molecule has 0 radical (unpaired) electrons. The number of carbonyl (C=O) groups is 1. The quantitative estimate of drug-likeness (QED) is 0.786. The molecule has 1 aliphatic carbocycles. The topological polar surface area (TPSA) is 46.5 Å². The molecule has 1 fully saturated rings. The van der Waals surface area contributed by atoms with Crippen LogP contribution in [0.5, 0.6) is 0 Å². The van der Waals surface area contributed by atoms with Crippen LogP contribution in [0.15, 0.2) is 60.7 Å². The highest BCUT2D eigenvalue weighted by atomic mass is 16.6. The van der Waals surface area contributed by atoms with Crippen LogP contribution in [0.25, 0.3) is 0 Å². The summed E-state index contributed by atoms with van der Waals surface area (Å²) in [5, 5.41) is 10.4. The Morgan fingerprint density at radius 1 is 1.00 bits per heavy atom. The summed E-state index contributed by atoms with van der Waals surface area (Å²) in [5.41, 5.74) is 1.74. The molecule has 1 saturated carbocycles. The number of benzene rings is 2. The van der Waals surface area contributed by atoms with E-state index in [0.29, 0.717) is 5.56 Å². The Labute approximate surface area is 156 Å². The lowest BCUT2D eigenvalue weighted by Crippen LogP contribution is -2.42. The van der Waals surface area contributed by atoms with Gasteiger partial charge >= 0.3 is 5.97 Å². The second kappa shape index (κ2) is 8.05. The number of carbonyl (C=O) groups excluding carboxylic acids is 1. The molecule has 138 valence electrons. The van der Waals surface area contributed by atoms with Gasteiger partial charge in [-0.3, -0.25) is 0 Å². The van der Waals surface area contributed by atoms with Crippen LogP contribution in [-0.4, -0.2) is 17.2 Å². The highest BCUT2D eigenvalue weighted by molar-refractivity contribution is 5.76. The molecule has 1 N–H and O–H groups in total. The van der Waals surface area contributed by atoms with Crippen molar-refractivity contribution < 1.29 is 14.6 Å². The van der Waals surface area contributed by atoms with Gasteiger partial charge in [0.05, 0.1) is 0 Å². The molecule has 2 aromatic carbocycles. The van der Waals surface area contributed by atoms with E-state index in [2.05, 4.69) is 38.1 Å². The zero-order valence-electron chi connectivity index (χ0n) is 15.6. The van der Waals surface area contributed by atoms with E-state index >= 15 is 0 Å². The van der Waals surface area contributed by atoms with Crippen molar-refractivity contribution in [2.24, 2.45) is 5.92 Å². The summed E-state index contributed by atoms with van der Waals surface area (Å²) >= 11 is 0. The Bertz CT molecular complexity index is 709. The van der Waals surface area contributed by atoms with Crippen LogP contribution < -0.4 is 0 Å². The van der Waals surface area contributed by atoms with Gasteiger partial charge in [-0.25, -0.2) is 4.79 Å². The molecule has 3 nitrogen and oxygen atoms in total. The number of hydrogen-bond donors (Lipinski definition) is 1. The van der Waals surface area contributed by atoms with E-state index in [1.54, 1.807) is 12.1 Å². The minimum atomic E-state index is -1.22. The van der Waals surface area contributed by atoms with Gasteiger partial charge < -0.3 is 9.84 Å². The Kier molecular flexibility index (Phi) is 5.77. The van der Waals surface area contributed by atoms with Crippen LogP contribution in [0.3, 0.4) is 0 Å². The molecule has 0 aliphatic heterocycles. The minimum Gasteiger partial charge on any atom is -0.460 e. The fourth-order valence-corrected chi connectivity index (χ4v) is 4.13. The number of aliphatic hydroxyl groups excluding tert-OH is 1. The molecule has 0 unspecified atom stereocenters. The predicted octanol–water partition coefficient (Wildman–Crippen LogP) is 4.80. The fraction of sp³-hybridized carbons (Fsp3) is 0.435. The maximum atomic E-state index is 12.5. The Morgan fingerprint density at radius 2 is 1.58 bits per heavy atom. The molecule has 1 aliphatic rings. The summed E-state index contributed by atoms with van der Waals surface area (Å²) in [5.74, 6) is -0.303. The number of ether oxygens (including phenoxy) is 1. The molecule has 3 heteroatoms. The predicted molar refractivity (Wildman–Crippen MR) is 103 cm³/mol. The maximum Gasteiger partial charge on any atom is 0.339 e. The van der Waals surface area contributed by atoms with Gasteiger partial charge in [-0.15, -0.1) is 0 Å². The highest BCUT2D eigenvalue weighted by Gasteiger charge is 2.40. The van der Waals surface area contributed by atoms with Crippen molar-refractivity contribution in [3.05, 3.63) is 71.8 Å². The average molecular weight is 352 g/mol. The van der Waals surface area contributed by atoms with Gasteiger partial charge in [0, 0.05) is 5.92 Å². The summed E-state index contributed by atoms with van der Waals surface area (Å²) in [6.07, 6.45) is 2.70. The maximum absolute atomic E-state index is 12.5. The first kappa shape index (κ1) is 18.7. The second-order valence-electron chi connectivity index (χ2n) is 7.77. The van der Waals surface area contributed by atoms with E-state index in [-0.39, 0.29) is 17.4 Å². The lowest BCUT2D eigenvalue weighted by atomic mass is 9.66. The molecule has 26 heavy (non-hydrogen) atoms. The second-order valence-corrected chi connectivity index (χ2v) is 7.77. The largest absolute Gasteiger partial charge is 0.460 e. The lowest BCUT2D eigenvalue weighted by molar-refractivity contribution is -0.165. The van der Waals surface area contributed by atoms with Crippen molar-refractivity contribution in [2.45, 2.75) is 57.2 Å². The van der Waals surface area contributed by atoms with E-state index in [9.17, 15) is 9.90 Å². The number of esters is 1. The van der Waals surface area contributed by atoms with Crippen molar-refractivity contribution in [2.75, 3.05) is 0 Å². The van der Waals surface area contributed by atoms with E-state index in [4.69, 9.17) is 4.74 Å². The number of hydrogen-bond acceptors (Lipinski definition) is 3. The monoisotopic (exact) mass is 352 g/mol. The summed E-state index contributed by atoms with van der Waals surface area (Å²) in [4.78, 5) is 12.5. The molecule has 3 atom stereocenters. The molecular weight excluding hydrogens is 324 g/mol. The van der Waals surface area contributed by atoms with Gasteiger partial charge in [-0.1, -0.05) is 80.9 Å². The summed E-state index contributed by atoms with van der Waals surface area (Å²) in [6, 6.07) is 19.4. The number of rotatable bonds is 5. The summed E-state index contributed by atoms with van der Waals surface area (Å²) < 4.78 is 5.84. The smallest absolute Gasteiger partial charge is 0.339 e. The van der Waals surface area contributed by atoms with Gasteiger partial charge in [0.15, 0.2) is 6.10 Å². The van der Waals surface area contributed by atoms with E-state index in [0.717, 1.165) is 25.7 Å². The first-order valence-corrected chi connectivity index (χ1v) is 9.49. The molecule has 0 saturated heterocycles. The molecule has 2 aromatic rings. The average Bonchev–Trinajstić information content (AvgIpc) is 2.69. The first-order chi connectivity index (χ1) is 12.5. The van der Waals surface area contributed by atoms with Gasteiger partial charge in [0.1, 0.15) is 6.10 Å². The van der Waals surface area contributed by atoms with Gasteiger partial charge in [0.2, 0.25) is 0 Å². The molecule has 0 heterocycles. The Morgan fingerprint density at radius 3 is 2.23 bits per heavy atom. The molecule has 0 aromatic heterocycles. The fourth-order valence-electron chi connectivity index (χ4n) is 4.13. The molecule has 0 amide bonds. The zero-order valence-corrected chi connectivity index (χ0v) is 15.6. The molecule has 3 rings (SSSR count). The van der Waals surface area contributed by atoms with Crippen molar-refractivity contribution in [3.63, 3.8) is 0 Å². The third-order valence-electron chi connectivity index (χ3n) is 5.75. The zero-order chi connectivity index (χ0) is 18.6. The van der Waals surface area contributed by atoms with E-state index < -0.39 is 12.1 Å². The normalized spacial score (nSPS) is 21.8. The highest BCUT2D eigenvalue weighted by Crippen LogP contribution is 2.42. The van der Waals surface area contributed by atoms with Crippen LogP contribution in [-0.2, 0) is 14.9 Å². The molecule has 0 spiro atoms. The summed E-state index contributed by atoms with van der Waals surface area (Å²) in [6.45, 7) is 4.46. The minimum absolute atomic E-state index is 0.0929. The van der Waals surface area contributed by atoms with Crippen LogP contribution in [0.2, 0.25) is 0 Å². The summed E-state index contributed by atoms with van der Waals surface area (Å²) in [7, 11) is 0. The van der Waals surface area contributed by atoms with Gasteiger partial charge in [-0.05, 0) is 35.8 Å². The molecule has 0 bridgehead atoms. The first-order valence-electron chi connectivity index (χ1n) is 9.49.